The van der Waals surface area contributed by atoms with Crippen molar-refractivity contribution in [1.29, 1.82) is 0 Å². The van der Waals surface area contributed by atoms with E-state index >= 15 is 0 Å². The lowest BCUT2D eigenvalue weighted by Gasteiger charge is -2.08. The third-order valence-electron chi connectivity index (χ3n) is 2.28. The zero-order chi connectivity index (χ0) is 10.7. The standard InChI is InChI=1S/C11H11FN2O/c12-10-4-2-1-3-8(10)5-11(15)9-6-13-14-7-9/h1-4,6-7,11,15H,5H2,(H,13,14). The summed E-state index contributed by atoms with van der Waals surface area (Å²) in [5, 5.41) is 16.1. The molecule has 1 aromatic carbocycles. The van der Waals surface area contributed by atoms with Gasteiger partial charge in [0, 0.05) is 18.2 Å². The van der Waals surface area contributed by atoms with Crippen LogP contribution < -0.4 is 0 Å². The van der Waals surface area contributed by atoms with E-state index in [1.807, 2.05) is 0 Å². The molecule has 2 rings (SSSR count). The normalized spacial score (nSPS) is 12.7. The number of benzene rings is 1. The number of aromatic nitrogens is 2. The molecule has 0 saturated heterocycles. The third-order valence-corrected chi connectivity index (χ3v) is 2.28. The van der Waals surface area contributed by atoms with Gasteiger partial charge < -0.3 is 5.11 Å². The molecule has 1 unspecified atom stereocenters. The minimum atomic E-state index is -0.722. The fourth-order valence-electron chi connectivity index (χ4n) is 1.43. The first-order valence-corrected chi connectivity index (χ1v) is 4.67. The molecular formula is C11H11FN2O. The summed E-state index contributed by atoms with van der Waals surface area (Å²) >= 11 is 0. The van der Waals surface area contributed by atoms with Crippen LogP contribution in [0.25, 0.3) is 0 Å². The first kappa shape index (κ1) is 9.86. The largest absolute Gasteiger partial charge is 0.388 e. The highest BCUT2D eigenvalue weighted by molar-refractivity contribution is 5.20. The molecular weight excluding hydrogens is 195 g/mol. The Morgan fingerprint density at radius 2 is 2.20 bits per heavy atom. The molecule has 0 bridgehead atoms. The summed E-state index contributed by atoms with van der Waals surface area (Å²) in [6.45, 7) is 0. The van der Waals surface area contributed by atoms with Crippen molar-refractivity contribution in [2.45, 2.75) is 12.5 Å². The lowest BCUT2D eigenvalue weighted by Crippen LogP contribution is -2.02. The maximum atomic E-state index is 13.3. The van der Waals surface area contributed by atoms with Crippen LogP contribution in [0.15, 0.2) is 36.7 Å². The molecule has 0 aliphatic carbocycles. The molecule has 0 spiro atoms. The third kappa shape index (κ3) is 2.22. The Bertz CT molecular complexity index is 428. The average Bonchev–Trinajstić information content (AvgIpc) is 2.74. The minimum absolute atomic E-state index is 0.256. The Kier molecular flexibility index (Phi) is 2.78. The van der Waals surface area contributed by atoms with E-state index in [4.69, 9.17) is 0 Å². The van der Waals surface area contributed by atoms with Gasteiger partial charge in [-0.2, -0.15) is 5.10 Å². The smallest absolute Gasteiger partial charge is 0.126 e. The second kappa shape index (κ2) is 4.23. The van der Waals surface area contributed by atoms with Gasteiger partial charge in [0.15, 0.2) is 0 Å². The minimum Gasteiger partial charge on any atom is -0.388 e. The van der Waals surface area contributed by atoms with Crippen LogP contribution in [-0.4, -0.2) is 15.3 Å². The van der Waals surface area contributed by atoms with Crippen LogP contribution in [0.3, 0.4) is 0 Å². The summed E-state index contributed by atoms with van der Waals surface area (Å²) in [5.74, 6) is -0.292. The number of aliphatic hydroxyl groups excluding tert-OH is 1. The summed E-state index contributed by atoms with van der Waals surface area (Å²) in [6, 6.07) is 6.43. The van der Waals surface area contributed by atoms with Gasteiger partial charge in [-0.05, 0) is 11.6 Å². The number of halogens is 1. The van der Waals surface area contributed by atoms with Gasteiger partial charge in [0.1, 0.15) is 5.82 Å². The average molecular weight is 206 g/mol. The zero-order valence-electron chi connectivity index (χ0n) is 8.02. The molecule has 0 saturated carbocycles. The van der Waals surface area contributed by atoms with Crippen LogP contribution >= 0.6 is 0 Å². The Morgan fingerprint density at radius 1 is 1.40 bits per heavy atom. The highest BCUT2D eigenvalue weighted by atomic mass is 19.1. The van der Waals surface area contributed by atoms with Gasteiger partial charge >= 0.3 is 0 Å². The van der Waals surface area contributed by atoms with E-state index < -0.39 is 6.10 Å². The van der Waals surface area contributed by atoms with Crippen molar-refractivity contribution in [3.05, 3.63) is 53.6 Å². The van der Waals surface area contributed by atoms with Crippen LogP contribution in [0.4, 0.5) is 4.39 Å². The molecule has 0 fully saturated rings. The molecule has 0 amide bonds. The molecule has 4 heteroatoms. The lowest BCUT2D eigenvalue weighted by molar-refractivity contribution is 0.177. The number of hydrogen-bond donors (Lipinski definition) is 2. The summed E-state index contributed by atoms with van der Waals surface area (Å²) < 4.78 is 13.3. The van der Waals surface area contributed by atoms with Gasteiger partial charge in [0.05, 0.1) is 12.3 Å². The maximum Gasteiger partial charge on any atom is 0.126 e. The maximum absolute atomic E-state index is 13.3. The highest BCUT2D eigenvalue weighted by Gasteiger charge is 2.11. The molecule has 1 heterocycles. The second-order valence-corrected chi connectivity index (χ2v) is 3.34. The first-order valence-electron chi connectivity index (χ1n) is 4.67. The Balaban J connectivity index is 2.13. The fraction of sp³-hybridized carbons (Fsp3) is 0.182. The monoisotopic (exact) mass is 206 g/mol. The van der Waals surface area contributed by atoms with Crippen molar-refractivity contribution in [1.82, 2.24) is 10.2 Å². The predicted molar refractivity (Wildman–Crippen MR) is 53.7 cm³/mol. The van der Waals surface area contributed by atoms with E-state index in [1.54, 1.807) is 24.4 Å². The summed E-state index contributed by atoms with van der Waals surface area (Å²) in [6.07, 6.45) is 2.67. The van der Waals surface area contributed by atoms with Gasteiger partial charge in [-0.15, -0.1) is 0 Å². The van der Waals surface area contributed by atoms with E-state index in [0.29, 0.717) is 11.1 Å². The predicted octanol–water partition coefficient (Wildman–Crippen LogP) is 1.82. The van der Waals surface area contributed by atoms with E-state index in [0.717, 1.165) is 0 Å². The van der Waals surface area contributed by atoms with Crippen molar-refractivity contribution < 1.29 is 9.50 Å². The van der Waals surface area contributed by atoms with Gasteiger partial charge in [0.2, 0.25) is 0 Å². The lowest BCUT2D eigenvalue weighted by atomic mass is 10.0. The molecule has 2 N–H and O–H groups in total. The molecule has 3 nitrogen and oxygen atoms in total. The van der Waals surface area contributed by atoms with Crippen molar-refractivity contribution in [3.8, 4) is 0 Å². The summed E-state index contributed by atoms with van der Waals surface area (Å²) in [5.41, 5.74) is 1.17. The number of nitrogens with zero attached hydrogens (tertiary/aromatic N) is 1. The van der Waals surface area contributed by atoms with Crippen LogP contribution in [0.5, 0.6) is 0 Å². The summed E-state index contributed by atoms with van der Waals surface area (Å²) in [4.78, 5) is 0. The Morgan fingerprint density at radius 3 is 2.87 bits per heavy atom. The zero-order valence-corrected chi connectivity index (χ0v) is 8.02. The van der Waals surface area contributed by atoms with E-state index in [1.165, 1.54) is 12.3 Å². The van der Waals surface area contributed by atoms with Gasteiger partial charge in [-0.25, -0.2) is 4.39 Å². The molecule has 1 atom stereocenters. The van der Waals surface area contributed by atoms with E-state index in [-0.39, 0.29) is 12.2 Å². The number of rotatable bonds is 3. The molecule has 78 valence electrons. The molecule has 1 aromatic heterocycles. The number of nitrogens with one attached hydrogen (secondary N) is 1. The topological polar surface area (TPSA) is 48.9 Å². The molecule has 0 radical (unpaired) electrons. The van der Waals surface area contributed by atoms with E-state index in [2.05, 4.69) is 10.2 Å². The van der Waals surface area contributed by atoms with Crippen molar-refractivity contribution in [3.63, 3.8) is 0 Å². The quantitative estimate of drug-likeness (QED) is 0.804. The second-order valence-electron chi connectivity index (χ2n) is 3.34. The summed E-state index contributed by atoms with van der Waals surface area (Å²) in [7, 11) is 0. The Labute approximate surface area is 86.6 Å². The molecule has 0 aliphatic rings. The number of H-pyrrole nitrogens is 1. The SMILES string of the molecule is OC(Cc1ccccc1F)c1cn[nH]c1. The Hall–Kier alpha value is -1.68. The van der Waals surface area contributed by atoms with Crippen LogP contribution in [0.2, 0.25) is 0 Å². The van der Waals surface area contributed by atoms with Gasteiger partial charge in [-0.3, -0.25) is 5.10 Å². The van der Waals surface area contributed by atoms with Crippen LogP contribution in [-0.2, 0) is 6.42 Å². The van der Waals surface area contributed by atoms with E-state index in [9.17, 15) is 9.50 Å². The molecule has 2 aromatic rings. The van der Waals surface area contributed by atoms with Crippen LogP contribution in [0.1, 0.15) is 17.2 Å². The number of aliphatic hydroxyl groups is 1. The first-order chi connectivity index (χ1) is 7.27. The van der Waals surface area contributed by atoms with Gasteiger partial charge in [-0.1, -0.05) is 18.2 Å². The number of hydrogen-bond acceptors (Lipinski definition) is 2. The van der Waals surface area contributed by atoms with Crippen molar-refractivity contribution in [2.24, 2.45) is 0 Å². The molecule has 0 aliphatic heterocycles. The van der Waals surface area contributed by atoms with Crippen LogP contribution in [0, 0.1) is 5.82 Å². The van der Waals surface area contributed by atoms with Gasteiger partial charge in [0.25, 0.3) is 0 Å². The van der Waals surface area contributed by atoms with Crippen molar-refractivity contribution in [2.75, 3.05) is 0 Å². The van der Waals surface area contributed by atoms with Crippen molar-refractivity contribution >= 4 is 0 Å². The fourth-order valence-corrected chi connectivity index (χ4v) is 1.43. The molecule has 15 heavy (non-hydrogen) atoms. The highest BCUT2D eigenvalue weighted by Crippen LogP contribution is 2.18. The number of aromatic amines is 1.